The number of methoxy groups -OCH3 is 1. The van der Waals surface area contributed by atoms with Crippen LogP contribution in [0.1, 0.15) is 10.4 Å². The van der Waals surface area contributed by atoms with Gasteiger partial charge in [-0.1, -0.05) is 17.7 Å². The monoisotopic (exact) mass is 354 g/mol. The zero-order valence-electron chi connectivity index (χ0n) is 10.6. The maximum Gasteiger partial charge on any atom is 0.256 e. The molecule has 0 fully saturated rings. The quantitative estimate of drug-likeness (QED) is 0.820. The summed E-state index contributed by atoms with van der Waals surface area (Å²) in [6.07, 6.45) is 0. The molecule has 4 nitrogen and oxygen atoms in total. The highest BCUT2D eigenvalue weighted by molar-refractivity contribution is 9.10. The predicted octanol–water partition coefficient (Wildman–Crippen LogP) is 3.95. The number of nitrogens with one attached hydrogen (secondary N) is 1. The summed E-state index contributed by atoms with van der Waals surface area (Å²) in [7, 11) is 1.53. The van der Waals surface area contributed by atoms with Crippen LogP contribution in [-0.4, -0.2) is 13.0 Å². The first-order valence-corrected chi connectivity index (χ1v) is 6.89. The Morgan fingerprint density at radius 1 is 1.35 bits per heavy atom. The summed E-state index contributed by atoms with van der Waals surface area (Å²) in [6, 6.07) is 10.1. The van der Waals surface area contributed by atoms with E-state index in [1.165, 1.54) is 7.11 Å². The Morgan fingerprint density at radius 2 is 2.10 bits per heavy atom. The van der Waals surface area contributed by atoms with Crippen LogP contribution in [-0.2, 0) is 0 Å². The zero-order valence-corrected chi connectivity index (χ0v) is 13.0. The molecule has 1 amide bonds. The SMILES string of the molecule is COc1ccc(NC(=O)c2cccc(N)c2Br)cc1Cl. The van der Waals surface area contributed by atoms with E-state index in [9.17, 15) is 4.79 Å². The molecule has 0 aromatic heterocycles. The summed E-state index contributed by atoms with van der Waals surface area (Å²) in [5.74, 6) is 0.278. The van der Waals surface area contributed by atoms with Crippen molar-refractivity contribution in [3.8, 4) is 5.75 Å². The van der Waals surface area contributed by atoms with E-state index in [2.05, 4.69) is 21.2 Å². The van der Waals surface area contributed by atoms with E-state index in [1.807, 2.05) is 0 Å². The van der Waals surface area contributed by atoms with Crippen LogP contribution < -0.4 is 15.8 Å². The largest absolute Gasteiger partial charge is 0.495 e. The number of nitrogens with two attached hydrogens (primary N) is 1. The molecule has 0 heterocycles. The molecule has 20 heavy (non-hydrogen) atoms. The number of benzene rings is 2. The van der Waals surface area contributed by atoms with Gasteiger partial charge in [0.05, 0.1) is 22.2 Å². The lowest BCUT2D eigenvalue weighted by atomic mass is 10.2. The van der Waals surface area contributed by atoms with Gasteiger partial charge in [-0.2, -0.15) is 0 Å². The lowest BCUT2D eigenvalue weighted by Crippen LogP contribution is -2.13. The minimum atomic E-state index is -0.273. The van der Waals surface area contributed by atoms with E-state index in [-0.39, 0.29) is 5.91 Å². The third-order valence-corrected chi connectivity index (χ3v) is 3.86. The minimum absolute atomic E-state index is 0.273. The van der Waals surface area contributed by atoms with E-state index >= 15 is 0 Å². The number of hydrogen-bond acceptors (Lipinski definition) is 3. The second-order valence-corrected chi connectivity index (χ2v) is 5.21. The molecule has 0 aliphatic rings. The molecule has 2 rings (SSSR count). The molecule has 104 valence electrons. The molecule has 0 saturated heterocycles. The Bertz CT molecular complexity index is 662. The molecule has 0 radical (unpaired) electrons. The molecule has 6 heteroatoms. The van der Waals surface area contributed by atoms with Crippen LogP contribution in [0.3, 0.4) is 0 Å². The number of ether oxygens (including phenoxy) is 1. The highest BCUT2D eigenvalue weighted by Gasteiger charge is 2.12. The van der Waals surface area contributed by atoms with E-state index in [0.29, 0.717) is 32.2 Å². The number of nitrogen functional groups attached to an aromatic ring is 1. The fourth-order valence-electron chi connectivity index (χ4n) is 1.67. The Kier molecular flexibility index (Phi) is 4.52. The first-order valence-electron chi connectivity index (χ1n) is 5.72. The molecule has 0 spiro atoms. The van der Waals surface area contributed by atoms with Crippen LogP contribution in [0, 0.1) is 0 Å². The second kappa shape index (κ2) is 6.15. The van der Waals surface area contributed by atoms with Gasteiger partial charge in [0.1, 0.15) is 5.75 Å². The highest BCUT2D eigenvalue weighted by atomic mass is 79.9. The Morgan fingerprint density at radius 3 is 2.75 bits per heavy atom. The number of amides is 1. The fraction of sp³-hybridized carbons (Fsp3) is 0.0714. The Balaban J connectivity index is 2.24. The summed E-state index contributed by atoms with van der Waals surface area (Å²) in [4.78, 5) is 12.2. The van der Waals surface area contributed by atoms with Gasteiger partial charge in [0.25, 0.3) is 5.91 Å². The molecular formula is C14H12BrClN2O2. The van der Waals surface area contributed by atoms with Gasteiger partial charge >= 0.3 is 0 Å². The fourth-order valence-corrected chi connectivity index (χ4v) is 2.37. The number of carbonyl (C=O) groups excluding carboxylic acids is 1. The molecule has 0 saturated carbocycles. The maximum atomic E-state index is 12.2. The normalized spacial score (nSPS) is 10.2. The van der Waals surface area contributed by atoms with Gasteiger partial charge < -0.3 is 15.8 Å². The summed E-state index contributed by atoms with van der Waals surface area (Å²) < 4.78 is 5.62. The predicted molar refractivity (Wildman–Crippen MR) is 84.5 cm³/mol. The lowest BCUT2D eigenvalue weighted by molar-refractivity contribution is 0.102. The van der Waals surface area contributed by atoms with Crippen LogP contribution >= 0.6 is 27.5 Å². The van der Waals surface area contributed by atoms with Crippen LogP contribution in [0.15, 0.2) is 40.9 Å². The van der Waals surface area contributed by atoms with Gasteiger partial charge in [-0.15, -0.1) is 0 Å². The number of carbonyl (C=O) groups is 1. The average Bonchev–Trinajstić information content (AvgIpc) is 2.42. The van der Waals surface area contributed by atoms with Crippen molar-refractivity contribution >= 4 is 44.8 Å². The second-order valence-electron chi connectivity index (χ2n) is 4.01. The number of anilines is 2. The standard InChI is InChI=1S/C14H12BrClN2O2/c1-20-12-6-5-8(7-10(12)16)18-14(19)9-3-2-4-11(17)13(9)15/h2-7H,17H2,1H3,(H,18,19). The van der Waals surface area contributed by atoms with Crippen molar-refractivity contribution in [3.63, 3.8) is 0 Å². The molecule has 0 unspecified atom stereocenters. The van der Waals surface area contributed by atoms with Crippen molar-refractivity contribution in [3.05, 3.63) is 51.5 Å². The summed E-state index contributed by atoms with van der Waals surface area (Å²) in [6.45, 7) is 0. The van der Waals surface area contributed by atoms with E-state index in [4.69, 9.17) is 22.1 Å². The van der Waals surface area contributed by atoms with Crippen LogP contribution in [0.4, 0.5) is 11.4 Å². The first-order chi connectivity index (χ1) is 9.52. The van der Waals surface area contributed by atoms with Crippen molar-refractivity contribution in [2.24, 2.45) is 0 Å². The van der Waals surface area contributed by atoms with Crippen LogP contribution in [0.5, 0.6) is 5.75 Å². The number of halogens is 2. The smallest absolute Gasteiger partial charge is 0.256 e. The van der Waals surface area contributed by atoms with Crippen molar-refractivity contribution in [1.82, 2.24) is 0 Å². The molecule has 0 aliphatic heterocycles. The van der Waals surface area contributed by atoms with Crippen molar-refractivity contribution in [2.75, 3.05) is 18.2 Å². The molecular weight excluding hydrogens is 344 g/mol. The Labute approximate surface area is 130 Å². The third-order valence-electron chi connectivity index (χ3n) is 2.68. The molecule has 2 aromatic rings. The third kappa shape index (κ3) is 3.05. The van der Waals surface area contributed by atoms with Crippen LogP contribution in [0.25, 0.3) is 0 Å². The summed E-state index contributed by atoms with van der Waals surface area (Å²) >= 11 is 9.31. The van der Waals surface area contributed by atoms with Gasteiger partial charge in [0.2, 0.25) is 0 Å². The van der Waals surface area contributed by atoms with Gasteiger partial charge in [-0.3, -0.25) is 4.79 Å². The Hall–Kier alpha value is -1.72. The summed E-state index contributed by atoms with van der Waals surface area (Å²) in [5.41, 5.74) is 7.29. The van der Waals surface area contributed by atoms with E-state index in [0.717, 1.165) is 0 Å². The number of rotatable bonds is 3. The van der Waals surface area contributed by atoms with Crippen molar-refractivity contribution < 1.29 is 9.53 Å². The zero-order chi connectivity index (χ0) is 14.7. The molecule has 3 N–H and O–H groups in total. The van der Waals surface area contributed by atoms with Gasteiger partial charge in [-0.25, -0.2) is 0 Å². The van der Waals surface area contributed by atoms with E-state index < -0.39 is 0 Å². The van der Waals surface area contributed by atoms with Crippen molar-refractivity contribution in [2.45, 2.75) is 0 Å². The van der Waals surface area contributed by atoms with E-state index in [1.54, 1.807) is 36.4 Å². The van der Waals surface area contributed by atoms with Gasteiger partial charge in [0, 0.05) is 11.4 Å². The highest BCUT2D eigenvalue weighted by Crippen LogP contribution is 2.28. The van der Waals surface area contributed by atoms with Gasteiger partial charge in [-0.05, 0) is 46.3 Å². The lowest BCUT2D eigenvalue weighted by Gasteiger charge is -2.10. The average molecular weight is 356 g/mol. The van der Waals surface area contributed by atoms with Crippen molar-refractivity contribution in [1.29, 1.82) is 0 Å². The minimum Gasteiger partial charge on any atom is -0.495 e. The molecule has 0 aliphatic carbocycles. The topological polar surface area (TPSA) is 64.3 Å². The summed E-state index contributed by atoms with van der Waals surface area (Å²) in [5, 5.41) is 3.18. The maximum absolute atomic E-state index is 12.2. The molecule has 2 aromatic carbocycles. The van der Waals surface area contributed by atoms with Crippen LogP contribution in [0.2, 0.25) is 5.02 Å². The molecule has 0 bridgehead atoms. The molecule has 0 atom stereocenters. The van der Waals surface area contributed by atoms with Gasteiger partial charge in [0.15, 0.2) is 0 Å². The first kappa shape index (κ1) is 14.7. The number of hydrogen-bond donors (Lipinski definition) is 2.